The molecule has 5 nitrogen and oxygen atoms in total. The van der Waals surface area contributed by atoms with Gasteiger partial charge in [0.15, 0.2) is 5.78 Å². The number of allylic oxidation sites excluding steroid dienone is 1. The Morgan fingerprint density at radius 1 is 1.23 bits per heavy atom. The average Bonchev–Trinajstić information content (AvgIpc) is 2.68. The van der Waals surface area contributed by atoms with Crippen molar-refractivity contribution in [2.75, 3.05) is 38.2 Å². The number of halogens is 1. The Hall–Kier alpha value is -2.73. The third-order valence-corrected chi connectivity index (χ3v) is 4.83. The highest BCUT2D eigenvalue weighted by molar-refractivity contribution is 6.27. The van der Waals surface area contributed by atoms with E-state index in [1.54, 1.807) is 30.3 Å². The quantitative estimate of drug-likeness (QED) is 0.918. The zero-order valence-corrected chi connectivity index (χ0v) is 14.6. The number of piperazine rings is 1. The van der Waals surface area contributed by atoms with Crippen LogP contribution in [0, 0.1) is 5.82 Å². The Bertz CT molecular complexity index is 889. The van der Waals surface area contributed by atoms with E-state index >= 15 is 0 Å². The first-order valence-corrected chi connectivity index (χ1v) is 8.70. The number of carbonyl (C=O) groups is 1. The molecule has 2 aromatic rings. The molecule has 2 aliphatic rings. The van der Waals surface area contributed by atoms with E-state index in [0.29, 0.717) is 22.7 Å². The van der Waals surface area contributed by atoms with Gasteiger partial charge < -0.3 is 15.0 Å². The van der Waals surface area contributed by atoms with Gasteiger partial charge in [-0.25, -0.2) is 9.37 Å². The van der Waals surface area contributed by atoms with Crippen molar-refractivity contribution in [2.24, 2.45) is 0 Å². The average molecular weight is 353 g/mol. The first-order chi connectivity index (χ1) is 12.7. The zero-order chi connectivity index (χ0) is 18.1. The molecule has 0 amide bonds. The normalized spacial score (nSPS) is 16.9. The van der Waals surface area contributed by atoms with Crippen LogP contribution in [0.15, 0.2) is 30.3 Å². The van der Waals surface area contributed by atoms with Crippen molar-refractivity contribution < 1.29 is 13.9 Å². The predicted octanol–water partition coefficient (Wildman–Crippen LogP) is 2.30. The van der Waals surface area contributed by atoms with Crippen molar-refractivity contribution in [3.63, 3.8) is 0 Å². The summed E-state index contributed by atoms with van der Waals surface area (Å²) in [5, 5.41) is 3.29. The van der Waals surface area contributed by atoms with Crippen LogP contribution in [0.1, 0.15) is 16.8 Å². The number of ketones is 1. The van der Waals surface area contributed by atoms with Crippen LogP contribution < -0.4 is 15.0 Å². The fourth-order valence-corrected chi connectivity index (χ4v) is 3.46. The summed E-state index contributed by atoms with van der Waals surface area (Å²) in [6.07, 6.45) is 1.79. The summed E-state index contributed by atoms with van der Waals surface area (Å²) >= 11 is 0. The molecular formula is C20H20FN3O2. The van der Waals surface area contributed by atoms with E-state index < -0.39 is 0 Å². The molecule has 1 aliphatic carbocycles. The second kappa shape index (κ2) is 6.88. The van der Waals surface area contributed by atoms with Gasteiger partial charge in [0, 0.05) is 55.5 Å². The van der Waals surface area contributed by atoms with E-state index in [1.807, 2.05) is 6.07 Å². The van der Waals surface area contributed by atoms with Crippen LogP contribution in [-0.2, 0) is 11.2 Å². The summed E-state index contributed by atoms with van der Waals surface area (Å²) < 4.78 is 19.9. The fourth-order valence-electron chi connectivity index (χ4n) is 3.46. The van der Waals surface area contributed by atoms with Crippen molar-refractivity contribution >= 4 is 23.1 Å². The number of nitrogens with zero attached hydrogens (tertiary/aromatic N) is 2. The number of aromatic nitrogens is 1. The van der Waals surface area contributed by atoms with Gasteiger partial charge in [-0.05, 0) is 29.8 Å². The number of benzene rings is 1. The maximum Gasteiger partial charge on any atom is 0.213 e. The van der Waals surface area contributed by atoms with Gasteiger partial charge in [-0.2, -0.15) is 0 Å². The van der Waals surface area contributed by atoms with E-state index in [9.17, 15) is 9.18 Å². The smallest absolute Gasteiger partial charge is 0.213 e. The van der Waals surface area contributed by atoms with Gasteiger partial charge in [0.05, 0.1) is 12.8 Å². The van der Waals surface area contributed by atoms with E-state index in [4.69, 9.17) is 4.74 Å². The topological polar surface area (TPSA) is 54.5 Å². The summed E-state index contributed by atoms with van der Waals surface area (Å²) in [6, 6.07) is 8.73. The molecule has 1 N–H and O–H groups in total. The SMILES string of the molecule is COc1cccc(C2=Cc3c(F)cc(N4CCNCC4)cc3CC2=O)n1. The van der Waals surface area contributed by atoms with Gasteiger partial charge >= 0.3 is 0 Å². The van der Waals surface area contributed by atoms with Gasteiger partial charge in [0.2, 0.25) is 5.88 Å². The van der Waals surface area contributed by atoms with Gasteiger partial charge in [0.1, 0.15) is 5.82 Å². The molecule has 1 fully saturated rings. The van der Waals surface area contributed by atoms with Crippen molar-refractivity contribution in [1.29, 1.82) is 0 Å². The Morgan fingerprint density at radius 3 is 2.81 bits per heavy atom. The van der Waals surface area contributed by atoms with Crippen molar-refractivity contribution in [2.45, 2.75) is 6.42 Å². The van der Waals surface area contributed by atoms with Crippen LogP contribution in [-0.4, -0.2) is 44.1 Å². The standard InChI is InChI=1S/C20H20FN3O2/c1-26-20-4-2-3-18(23-20)16-12-15-13(10-19(16)25)9-14(11-17(15)21)24-7-5-22-6-8-24/h2-4,9,11-12,22H,5-8,10H2,1H3. The molecule has 6 heteroatoms. The van der Waals surface area contributed by atoms with Crippen molar-refractivity contribution in [3.8, 4) is 5.88 Å². The van der Waals surface area contributed by atoms with Crippen molar-refractivity contribution in [1.82, 2.24) is 10.3 Å². The lowest BCUT2D eigenvalue weighted by atomic mass is 9.88. The van der Waals surface area contributed by atoms with E-state index in [0.717, 1.165) is 37.4 Å². The molecule has 1 aromatic carbocycles. The second-order valence-electron chi connectivity index (χ2n) is 6.46. The molecule has 0 bridgehead atoms. The number of carbonyl (C=O) groups excluding carboxylic acids is 1. The monoisotopic (exact) mass is 353 g/mol. The van der Waals surface area contributed by atoms with Gasteiger partial charge in [-0.1, -0.05) is 6.07 Å². The largest absolute Gasteiger partial charge is 0.481 e. The molecule has 0 spiro atoms. The molecular weight excluding hydrogens is 333 g/mol. The highest BCUT2D eigenvalue weighted by atomic mass is 19.1. The maximum absolute atomic E-state index is 14.8. The minimum Gasteiger partial charge on any atom is -0.481 e. The first kappa shape index (κ1) is 16.7. The Labute approximate surface area is 151 Å². The number of methoxy groups -OCH3 is 1. The number of fused-ring (bicyclic) bond motifs is 1. The predicted molar refractivity (Wildman–Crippen MR) is 98.9 cm³/mol. The van der Waals surface area contributed by atoms with E-state index in [2.05, 4.69) is 15.2 Å². The number of pyridine rings is 1. The number of hydrogen-bond donors (Lipinski definition) is 1. The summed E-state index contributed by atoms with van der Waals surface area (Å²) in [5.41, 5.74) is 2.97. The Kier molecular flexibility index (Phi) is 4.42. The lowest BCUT2D eigenvalue weighted by molar-refractivity contribution is -0.113. The van der Waals surface area contributed by atoms with Crippen LogP contribution in [0.25, 0.3) is 11.6 Å². The summed E-state index contributed by atoms with van der Waals surface area (Å²) in [7, 11) is 1.52. The molecule has 0 saturated carbocycles. The zero-order valence-electron chi connectivity index (χ0n) is 14.6. The highest BCUT2D eigenvalue weighted by Crippen LogP contribution is 2.32. The molecule has 1 aliphatic heterocycles. The van der Waals surface area contributed by atoms with Gasteiger partial charge in [-0.3, -0.25) is 4.79 Å². The first-order valence-electron chi connectivity index (χ1n) is 8.70. The van der Waals surface area contributed by atoms with Crippen molar-refractivity contribution in [3.05, 3.63) is 53.0 Å². The van der Waals surface area contributed by atoms with Crippen LogP contribution >= 0.6 is 0 Å². The molecule has 0 unspecified atom stereocenters. The Morgan fingerprint density at radius 2 is 2.04 bits per heavy atom. The minimum absolute atomic E-state index is 0.0601. The summed E-state index contributed by atoms with van der Waals surface area (Å²) in [4.78, 5) is 19.1. The lowest BCUT2D eigenvalue weighted by Crippen LogP contribution is -2.43. The number of Topliss-reactive ketones (excluding diaryl/α,β-unsaturated/α-hetero) is 1. The van der Waals surface area contributed by atoms with E-state index in [1.165, 1.54) is 7.11 Å². The van der Waals surface area contributed by atoms with Crippen LogP contribution in [0.4, 0.5) is 10.1 Å². The number of anilines is 1. The number of rotatable bonds is 3. The third-order valence-electron chi connectivity index (χ3n) is 4.83. The molecule has 4 rings (SSSR count). The van der Waals surface area contributed by atoms with Crippen LogP contribution in [0.2, 0.25) is 0 Å². The molecule has 1 aromatic heterocycles. The molecule has 0 atom stereocenters. The Balaban J connectivity index is 1.73. The fraction of sp³-hybridized carbons (Fsp3) is 0.300. The number of hydrogen-bond acceptors (Lipinski definition) is 5. The molecule has 134 valence electrons. The molecule has 0 radical (unpaired) electrons. The number of nitrogens with one attached hydrogen (secondary N) is 1. The summed E-state index contributed by atoms with van der Waals surface area (Å²) in [5.74, 6) is 0.0653. The highest BCUT2D eigenvalue weighted by Gasteiger charge is 2.25. The third kappa shape index (κ3) is 3.08. The molecule has 2 heterocycles. The van der Waals surface area contributed by atoms with E-state index in [-0.39, 0.29) is 18.0 Å². The number of ether oxygens (including phenoxy) is 1. The maximum atomic E-state index is 14.8. The second-order valence-corrected chi connectivity index (χ2v) is 6.46. The molecule has 26 heavy (non-hydrogen) atoms. The van der Waals surface area contributed by atoms with Crippen LogP contribution in [0.3, 0.4) is 0 Å². The van der Waals surface area contributed by atoms with Gasteiger partial charge in [0.25, 0.3) is 0 Å². The van der Waals surface area contributed by atoms with Crippen LogP contribution in [0.5, 0.6) is 5.88 Å². The molecule has 1 saturated heterocycles. The minimum atomic E-state index is -0.302. The van der Waals surface area contributed by atoms with Gasteiger partial charge in [-0.15, -0.1) is 0 Å². The summed E-state index contributed by atoms with van der Waals surface area (Å²) in [6.45, 7) is 3.42. The lowest BCUT2D eigenvalue weighted by Gasteiger charge is -2.30.